The molecule has 0 saturated carbocycles. The Morgan fingerprint density at radius 3 is 2.89 bits per heavy atom. The number of aryl methyl sites for hydroxylation is 1. The number of pyridine rings is 1. The fraction of sp³-hybridized carbons (Fsp3) is 0.100. The lowest BCUT2D eigenvalue weighted by Crippen LogP contribution is -3.00. The standard InChI is InChI=1S/C20H15N5O.HI/c1-3-10-25-13(2)4-5-14-11-16(7-9-19(14)25)21-20(26)15-6-8-17-18(12-15)23-24-22-17;/h1,4-9,11-12H,10H2,2H3,(H-,21,22,23,24,26);1H. The van der Waals surface area contributed by atoms with Crippen LogP contribution in [0.1, 0.15) is 16.1 Å². The quantitative estimate of drug-likeness (QED) is 0.244. The maximum atomic E-state index is 12.5. The molecule has 0 saturated heterocycles. The first kappa shape index (κ1) is 18.8. The fourth-order valence-corrected chi connectivity index (χ4v) is 2.99. The van der Waals surface area contributed by atoms with E-state index in [1.807, 2.05) is 37.3 Å². The Balaban J connectivity index is 0.00000210. The zero-order chi connectivity index (χ0) is 18.1. The predicted octanol–water partition coefficient (Wildman–Crippen LogP) is -0.403. The van der Waals surface area contributed by atoms with Crippen molar-refractivity contribution in [3.05, 3.63) is 59.8 Å². The Morgan fingerprint density at radius 1 is 1.22 bits per heavy atom. The SMILES string of the molecule is C#CC[n+]1c(C)ccc2cc(NC(=O)c3ccc4[nH]nnc4c3)ccc21.[I-]. The molecule has 1 amide bonds. The highest BCUT2D eigenvalue weighted by molar-refractivity contribution is 6.06. The maximum absolute atomic E-state index is 12.5. The number of terminal acetylenes is 1. The van der Waals surface area contributed by atoms with Gasteiger partial charge in [-0.25, -0.2) is 0 Å². The number of aromatic amines is 1. The number of rotatable bonds is 3. The molecule has 0 aliphatic rings. The lowest BCUT2D eigenvalue weighted by molar-refractivity contribution is -0.664. The highest BCUT2D eigenvalue weighted by Gasteiger charge is 2.13. The number of fused-ring (bicyclic) bond motifs is 2. The van der Waals surface area contributed by atoms with Gasteiger partial charge in [0.2, 0.25) is 12.1 Å². The fourth-order valence-electron chi connectivity index (χ4n) is 2.99. The van der Waals surface area contributed by atoms with Crippen molar-refractivity contribution in [2.75, 3.05) is 5.32 Å². The van der Waals surface area contributed by atoms with Crippen LogP contribution in [-0.2, 0) is 6.54 Å². The predicted molar refractivity (Wildman–Crippen MR) is 99.6 cm³/mol. The second kappa shape index (κ2) is 7.72. The van der Waals surface area contributed by atoms with Crippen LogP contribution in [0.2, 0.25) is 0 Å². The van der Waals surface area contributed by atoms with E-state index < -0.39 is 0 Å². The summed E-state index contributed by atoms with van der Waals surface area (Å²) in [6, 6.07) is 15.1. The molecule has 134 valence electrons. The number of hydrogen-bond acceptors (Lipinski definition) is 3. The molecule has 27 heavy (non-hydrogen) atoms. The molecule has 2 aromatic heterocycles. The Hall–Kier alpha value is -2.99. The molecular formula is C20H16IN5O. The van der Waals surface area contributed by atoms with E-state index in [-0.39, 0.29) is 29.9 Å². The minimum Gasteiger partial charge on any atom is -1.00 e. The highest BCUT2D eigenvalue weighted by Crippen LogP contribution is 2.19. The molecule has 2 N–H and O–H groups in total. The van der Waals surface area contributed by atoms with Crippen molar-refractivity contribution >= 4 is 33.5 Å². The maximum Gasteiger partial charge on any atom is 0.255 e. The Labute approximate surface area is 173 Å². The van der Waals surface area contributed by atoms with Gasteiger partial charge in [0.05, 0.1) is 5.52 Å². The zero-order valence-corrected chi connectivity index (χ0v) is 16.7. The van der Waals surface area contributed by atoms with Gasteiger partial charge < -0.3 is 29.3 Å². The number of aromatic nitrogens is 4. The van der Waals surface area contributed by atoms with Crippen LogP contribution in [-0.4, -0.2) is 21.3 Å². The number of nitrogens with one attached hydrogen (secondary N) is 2. The summed E-state index contributed by atoms with van der Waals surface area (Å²) in [5, 5.41) is 14.4. The lowest BCUT2D eigenvalue weighted by Gasteiger charge is -2.07. The van der Waals surface area contributed by atoms with Crippen LogP contribution in [0.3, 0.4) is 0 Å². The number of amides is 1. The third-order valence-corrected chi connectivity index (χ3v) is 4.34. The number of H-pyrrole nitrogens is 1. The first-order valence-corrected chi connectivity index (χ1v) is 8.14. The van der Waals surface area contributed by atoms with Gasteiger partial charge in [0, 0.05) is 35.7 Å². The van der Waals surface area contributed by atoms with Crippen LogP contribution < -0.4 is 33.9 Å². The largest absolute Gasteiger partial charge is 1.00 e. The van der Waals surface area contributed by atoms with E-state index in [9.17, 15) is 4.79 Å². The third kappa shape index (κ3) is 3.61. The number of benzene rings is 2. The first-order valence-electron chi connectivity index (χ1n) is 8.14. The minimum atomic E-state index is -0.196. The van der Waals surface area contributed by atoms with Crippen molar-refractivity contribution in [1.82, 2.24) is 15.4 Å². The van der Waals surface area contributed by atoms with Crippen LogP contribution in [0.4, 0.5) is 5.69 Å². The molecule has 0 bridgehead atoms. The van der Waals surface area contributed by atoms with Gasteiger partial charge in [0.25, 0.3) is 5.91 Å². The van der Waals surface area contributed by atoms with Crippen molar-refractivity contribution in [2.24, 2.45) is 0 Å². The summed E-state index contributed by atoms with van der Waals surface area (Å²) in [5.41, 5.74) is 4.82. The number of carbonyl (C=O) groups is 1. The van der Waals surface area contributed by atoms with Crippen molar-refractivity contribution in [3.8, 4) is 12.3 Å². The number of carbonyl (C=O) groups excluding carboxylic acids is 1. The number of nitrogens with zero attached hydrogens (tertiary/aromatic N) is 3. The molecule has 0 fully saturated rings. The normalized spacial score (nSPS) is 10.4. The molecule has 0 spiro atoms. The Kier molecular flexibility index (Phi) is 5.37. The lowest BCUT2D eigenvalue weighted by atomic mass is 10.1. The third-order valence-electron chi connectivity index (χ3n) is 4.34. The summed E-state index contributed by atoms with van der Waals surface area (Å²) in [7, 11) is 0. The molecule has 0 aliphatic carbocycles. The topological polar surface area (TPSA) is 74.6 Å². The molecule has 6 nitrogen and oxygen atoms in total. The molecule has 0 atom stereocenters. The summed E-state index contributed by atoms with van der Waals surface area (Å²) in [6.45, 7) is 2.53. The van der Waals surface area contributed by atoms with Gasteiger partial charge in [-0.1, -0.05) is 5.21 Å². The first-order chi connectivity index (χ1) is 12.7. The van der Waals surface area contributed by atoms with E-state index in [0.717, 1.165) is 27.8 Å². The average molecular weight is 469 g/mol. The van der Waals surface area contributed by atoms with Gasteiger partial charge in [0.1, 0.15) is 5.52 Å². The van der Waals surface area contributed by atoms with Gasteiger partial charge in [-0.2, -0.15) is 4.57 Å². The molecule has 4 aromatic rings. The molecule has 4 rings (SSSR count). The number of hydrogen-bond donors (Lipinski definition) is 2. The van der Waals surface area contributed by atoms with Crippen LogP contribution in [0.5, 0.6) is 0 Å². The van der Waals surface area contributed by atoms with E-state index in [4.69, 9.17) is 6.42 Å². The molecule has 0 aliphatic heterocycles. The Bertz CT molecular complexity index is 1190. The summed E-state index contributed by atoms with van der Waals surface area (Å²) < 4.78 is 2.07. The van der Waals surface area contributed by atoms with Crippen LogP contribution in [0, 0.1) is 19.3 Å². The number of halogens is 1. The molecule has 2 aromatic carbocycles. The summed E-state index contributed by atoms with van der Waals surface area (Å²) in [5.74, 6) is 2.48. The monoisotopic (exact) mass is 469 g/mol. The van der Waals surface area contributed by atoms with E-state index >= 15 is 0 Å². The van der Waals surface area contributed by atoms with Crippen molar-refractivity contribution in [1.29, 1.82) is 0 Å². The van der Waals surface area contributed by atoms with E-state index in [2.05, 4.69) is 31.2 Å². The molecule has 0 unspecified atom stereocenters. The van der Waals surface area contributed by atoms with Gasteiger partial charge in [0.15, 0.2) is 5.69 Å². The molecule has 7 heteroatoms. The van der Waals surface area contributed by atoms with Gasteiger partial charge in [-0.15, -0.1) is 11.5 Å². The van der Waals surface area contributed by atoms with E-state index in [1.54, 1.807) is 18.2 Å². The van der Waals surface area contributed by atoms with Crippen molar-refractivity contribution in [2.45, 2.75) is 13.5 Å². The van der Waals surface area contributed by atoms with Gasteiger partial charge in [-0.05, 0) is 42.3 Å². The van der Waals surface area contributed by atoms with Gasteiger partial charge >= 0.3 is 0 Å². The van der Waals surface area contributed by atoms with Crippen LogP contribution >= 0.6 is 0 Å². The van der Waals surface area contributed by atoms with Crippen molar-refractivity contribution in [3.63, 3.8) is 0 Å². The minimum absolute atomic E-state index is 0. The molecular weight excluding hydrogens is 453 g/mol. The van der Waals surface area contributed by atoms with Crippen LogP contribution in [0.15, 0.2) is 48.5 Å². The van der Waals surface area contributed by atoms with E-state index in [1.165, 1.54) is 0 Å². The molecule has 0 radical (unpaired) electrons. The average Bonchev–Trinajstić information content (AvgIpc) is 3.12. The summed E-state index contributed by atoms with van der Waals surface area (Å²) in [4.78, 5) is 12.5. The second-order valence-electron chi connectivity index (χ2n) is 6.04. The summed E-state index contributed by atoms with van der Waals surface area (Å²) >= 11 is 0. The highest BCUT2D eigenvalue weighted by atomic mass is 127. The Morgan fingerprint density at radius 2 is 2.07 bits per heavy atom. The second-order valence-corrected chi connectivity index (χ2v) is 6.04. The van der Waals surface area contributed by atoms with Crippen molar-refractivity contribution < 1.29 is 33.3 Å². The number of anilines is 1. The zero-order valence-electron chi connectivity index (χ0n) is 14.5. The summed E-state index contributed by atoms with van der Waals surface area (Å²) in [6.07, 6.45) is 5.47. The smallest absolute Gasteiger partial charge is 0.255 e. The molecule has 2 heterocycles. The van der Waals surface area contributed by atoms with E-state index in [0.29, 0.717) is 17.6 Å². The van der Waals surface area contributed by atoms with Crippen LogP contribution in [0.25, 0.3) is 21.9 Å². The van der Waals surface area contributed by atoms with Gasteiger partial charge in [-0.3, -0.25) is 9.89 Å².